The summed E-state index contributed by atoms with van der Waals surface area (Å²) in [5, 5.41) is 4.02. The van der Waals surface area contributed by atoms with Crippen LogP contribution in [0.4, 0.5) is 0 Å². The van der Waals surface area contributed by atoms with Gasteiger partial charge in [-0.3, -0.25) is 4.79 Å². The molecule has 0 aliphatic carbocycles. The fraction of sp³-hybridized carbons (Fsp3) is 0.286. The number of nitrogens with one attached hydrogen (secondary N) is 1. The normalized spacial score (nSPS) is 15.3. The average molecular weight is 276 g/mol. The standard InChI is InChI=1S/C14H16N2O2S/c1-18-12-6-7-13(19-2)10(9-12)3-4-11-5-8-14(17)16-15-11/h3-4,6-7,9H,5,8H2,1-2H3,(H,16,17). The van der Waals surface area contributed by atoms with Crippen LogP contribution in [0, 0.1) is 0 Å². The first-order chi connectivity index (χ1) is 9.22. The first-order valence-electron chi connectivity index (χ1n) is 5.98. The fourth-order valence-electron chi connectivity index (χ4n) is 1.76. The Kier molecular flexibility index (Phi) is 4.63. The average Bonchev–Trinajstić information content (AvgIpc) is 2.46. The van der Waals surface area contributed by atoms with Crippen molar-refractivity contribution in [2.45, 2.75) is 17.7 Å². The number of rotatable bonds is 4. The number of methoxy groups -OCH3 is 1. The molecule has 0 unspecified atom stereocenters. The minimum Gasteiger partial charge on any atom is -0.497 e. The van der Waals surface area contributed by atoms with Crippen LogP contribution in [0.3, 0.4) is 0 Å². The van der Waals surface area contributed by atoms with E-state index >= 15 is 0 Å². The monoisotopic (exact) mass is 276 g/mol. The second-order valence-electron chi connectivity index (χ2n) is 4.08. The fourth-order valence-corrected chi connectivity index (χ4v) is 2.33. The smallest absolute Gasteiger partial charge is 0.240 e. The Morgan fingerprint density at radius 3 is 2.84 bits per heavy atom. The van der Waals surface area contributed by atoms with E-state index in [0.29, 0.717) is 12.8 Å². The zero-order chi connectivity index (χ0) is 13.7. The van der Waals surface area contributed by atoms with Gasteiger partial charge in [-0.2, -0.15) is 5.10 Å². The SMILES string of the molecule is COc1ccc(SC)c(C=CC2=NNC(=O)CC2)c1. The zero-order valence-electron chi connectivity index (χ0n) is 11.0. The van der Waals surface area contributed by atoms with Crippen LogP contribution in [0.2, 0.25) is 0 Å². The maximum Gasteiger partial charge on any atom is 0.240 e. The van der Waals surface area contributed by atoms with Crippen molar-refractivity contribution in [3.63, 3.8) is 0 Å². The van der Waals surface area contributed by atoms with E-state index in [1.54, 1.807) is 18.9 Å². The highest BCUT2D eigenvalue weighted by atomic mass is 32.2. The van der Waals surface area contributed by atoms with Gasteiger partial charge in [0.25, 0.3) is 0 Å². The molecule has 1 N–H and O–H groups in total. The van der Waals surface area contributed by atoms with Crippen LogP contribution >= 0.6 is 11.8 Å². The minimum atomic E-state index is -0.0247. The van der Waals surface area contributed by atoms with Gasteiger partial charge in [-0.05, 0) is 36.1 Å². The Balaban J connectivity index is 2.19. The Morgan fingerprint density at radius 1 is 1.37 bits per heavy atom. The van der Waals surface area contributed by atoms with Crippen molar-refractivity contribution in [3.05, 3.63) is 29.8 Å². The number of nitrogens with zero attached hydrogens (tertiary/aromatic N) is 1. The molecule has 4 nitrogen and oxygen atoms in total. The topological polar surface area (TPSA) is 50.7 Å². The molecule has 1 amide bonds. The van der Waals surface area contributed by atoms with Gasteiger partial charge in [-0.15, -0.1) is 11.8 Å². The van der Waals surface area contributed by atoms with Gasteiger partial charge in [0.2, 0.25) is 5.91 Å². The van der Waals surface area contributed by atoms with Gasteiger partial charge in [-0.1, -0.05) is 6.08 Å². The second kappa shape index (κ2) is 6.43. The van der Waals surface area contributed by atoms with E-state index in [9.17, 15) is 4.79 Å². The molecule has 0 saturated carbocycles. The summed E-state index contributed by atoms with van der Waals surface area (Å²) in [6.07, 6.45) is 7.16. The van der Waals surface area contributed by atoms with Gasteiger partial charge in [-0.25, -0.2) is 5.43 Å². The predicted molar refractivity (Wildman–Crippen MR) is 78.6 cm³/mol. The van der Waals surface area contributed by atoms with Crippen LogP contribution < -0.4 is 10.2 Å². The predicted octanol–water partition coefficient (Wildman–Crippen LogP) is 2.70. The number of thioether (sulfide) groups is 1. The van der Waals surface area contributed by atoms with Gasteiger partial charge < -0.3 is 4.74 Å². The summed E-state index contributed by atoms with van der Waals surface area (Å²) in [5.41, 5.74) is 4.46. The van der Waals surface area contributed by atoms with E-state index < -0.39 is 0 Å². The van der Waals surface area contributed by atoms with E-state index in [1.165, 1.54) is 4.90 Å². The summed E-state index contributed by atoms with van der Waals surface area (Å²) >= 11 is 1.69. The summed E-state index contributed by atoms with van der Waals surface area (Å²) < 4.78 is 5.23. The number of ether oxygens (including phenoxy) is 1. The Labute approximate surface area is 116 Å². The van der Waals surface area contributed by atoms with Crippen molar-refractivity contribution in [2.75, 3.05) is 13.4 Å². The molecule has 1 aliphatic heterocycles. The Hall–Kier alpha value is -1.75. The lowest BCUT2D eigenvalue weighted by Crippen LogP contribution is -2.24. The minimum absolute atomic E-state index is 0.0247. The lowest BCUT2D eigenvalue weighted by Gasteiger charge is -2.09. The van der Waals surface area contributed by atoms with E-state index in [2.05, 4.69) is 10.5 Å². The highest BCUT2D eigenvalue weighted by Crippen LogP contribution is 2.26. The van der Waals surface area contributed by atoms with Crippen molar-refractivity contribution >= 4 is 29.5 Å². The van der Waals surface area contributed by atoms with E-state index in [0.717, 1.165) is 17.0 Å². The van der Waals surface area contributed by atoms with Gasteiger partial charge in [0.15, 0.2) is 0 Å². The summed E-state index contributed by atoms with van der Waals surface area (Å²) in [6, 6.07) is 5.97. The van der Waals surface area contributed by atoms with E-state index in [4.69, 9.17) is 4.74 Å². The molecule has 19 heavy (non-hydrogen) atoms. The van der Waals surface area contributed by atoms with Gasteiger partial charge in [0.1, 0.15) is 5.75 Å². The molecule has 0 saturated heterocycles. The van der Waals surface area contributed by atoms with Crippen molar-refractivity contribution in [3.8, 4) is 5.75 Å². The van der Waals surface area contributed by atoms with Gasteiger partial charge >= 0.3 is 0 Å². The molecule has 0 bridgehead atoms. The van der Waals surface area contributed by atoms with Gasteiger partial charge in [0.05, 0.1) is 12.8 Å². The number of allylic oxidation sites excluding steroid dienone is 1. The number of benzene rings is 1. The summed E-state index contributed by atoms with van der Waals surface area (Å²) in [6.45, 7) is 0. The molecular weight excluding hydrogens is 260 g/mol. The molecule has 1 aromatic rings. The largest absolute Gasteiger partial charge is 0.497 e. The molecule has 0 aromatic heterocycles. The lowest BCUT2D eigenvalue weighted by atomic mass is 10.1. The van der Waals surface area contributed by atoms with Crippen LogP contribution in [-0.4, -0.2) is 25.0 Å². The number of hydrogen-bond acceptors (Lipinski definition) is 4. The number of carbonyl (C=O) groups is 1. The molecule has 1 aliphatic rings. The number of hydrogen-bond donors (Lipinski definition) is 1. The van der Waals surface area contributed by atoms with Crippen molar-refractivity contribution in [2.24, 2.45) is 5.10 Å². The van der Waals surface area contributed by atoms with Gasteiger partial charge in [0, 0.05) is 17.7 Å². The first kappa shape index (κ1) is 13.7. The molecule has 0 fully saturated rings. The quantitative estimate of drug-likeness (QED) is 0.860. The van der Waals surface area contributed by atoms with Crippen LogP contribution in [0.5, 0.6) is 5.75 Å². The molecule has 1 aromatic carbocycles. The van der Waals surface area contributed by atoms with E-state index in [-0.39, 0.29) is 5.91 Å². The third-order valence-corrected chi connectivity index (χ3v) is 3.64. The maximum absolute atomic E-state index is 11.0. The molecule has 0 radical (unpaired) electrons. The summed E-state index contributed by atoms with van der Waals surface area (Å²) in [7, 11) is 1.66. The van der Waals surface area contributed by atoms with Crippen LogP contribution in [0.1, 0.15) is 18.4 Å². The summed E-state index contributed by atoms with van der Waals surface area (Å²) in [5.74, 6) is 0.805. The van der Waals surface area contributed by atoms with E-state index in [1.807, 2.05) is 36.6 Å². The highest BCUT2D eigenvalue weighted by Gasteiger charge is 2.09. The van der Waals surface area contributed by atoms with Crippen LogP contribution in [-0.2, 0) is 4.79 Å². The number of carbonyl (C=O) groups excluding carboxylic acids is 1. The van der Waals surface area contributed by atoms with Crippen LogP contribution in [0.25, 0.3) is 6.08 Å². The molecule has 0 spiro atoms. The van der Waals surface area contributed by atoms with Crippen molar-refractivity contribution in [1.29, 1.82) is 0 Å². The molecule has 1 heterocycles. The Morgan fingerprint density at radius 2 is 2.21 bits per heavy atom. The number of amides is 1. The zero-order valence-corrected chi connectivity index (χ0v) is 11.8. The molecular formula is C14H16N2O2S. The number of hydrazone groups is 1. The van der Waals surface area contributed by atoms with Crippen molar-refractivity contribution < 1.29 is 9.53 Å². The highest BCUT2D eigenvalue weighted by molar-refractivity contribution is 7.98. The maximum atomic E-state index is 11.0. The first-order valence-corrected chi connectivity index (χ1v) is 7.21. The Bertz CT molecular complexity index is 538. The second-order valence-corrected chi connectivity index (χ2v) is 4.93. The third kappa shape index (κ3) is 3.61. The molecule has 0 atom stereocenters. The molecule has 100 valence electrons. The van der Waals surface area contributed by atoms with Crippen LogP contribution in [0.15, 0.2) is 34.3 Å². The molecule has 5 heteroatoms. The summed E-state index contributed by atoms with van der Waals surface area (Å²) in [4.78, 5) is 12.2. The van der Waals surface area contributed by atoms with Crippen molar-refractivity contribution in [1.82, 2.24) is 5.43 Å². The third-order valence-electron chi connectivity index (χ3n) is 2.82. The lowest BCUT2D eigenvalue weighted by molar-refractivity contribution is -0.121. The molecule has 2 rings (SSSR count).